The first-order valence-electron chi connectivity index (χ1n) is 8.34. The molecule has 5 heteroatoms. The van der Waals surface area contributed by atoms with Crippen molar-refractivity contribution in [2.45, 2.75) is 26.2 Å². The molecular formula is C18H29N3O2. The van der Waals surface area contributed by atoms with Crippen molar-refractivity contribution in [1.82, 2.24) is 15.1 Å². The molecule has 0 aliphatic carbocycles. The van der Waals surface area contributed by atoms with Crippen LogP contribution in [-0.4, -0.2) is 66.8 Å². The molecule has 2 rings (SSSR count). The molecule has 1 aromatic carbocycles. The Balaban J connectivity index is 1.79. The summed E-state index contributed by atoms with van der Waals surface area (Å²) in [6.45, 7) is 11.7. The van der Waals surface area contributed by atoms with Crippen LogP contribution >= 0.6 is 0 Å². The summed E-state index contributed by atoms with van der Waals surface area (Å²) >= 11 is 0. The normalized spacial score (nSPS) is 17.2. The van der Waals surface area contributed by atoms with Gasteiger partial charge in [0.25, 0.3) is 5.91 Å². The molecule has 0 radical (unpaired) electrons. The van der Waals surface area contributed by atoms with Crippen molar-refractivity contribution < 1.29 is 9.90 Å². The maximum Gasteiger partial charge on any atom is 0.252 e. The summed E-state index contributed by atoms with van der Waals surface area (Å²) in [6.07, 6.45) is 0. The lowest BCUT2D eigenvalue weighted by Crippen LogP contribution is -2.50. The number of benzene rings is 1. The van der Waals surface area contributed by atoms with Crippen LogP contribution < -0.4 is 5.32 Å². The highest BCUT2D eigenvalue weighted by molar-refractivity contribution is 5.94. The molecule has 0 unspecified atom stereocenters. The predicted octanol–water partition coefficient (Wildman–Crippen LogP) is 1.28. The maximum absolute atomic E-state index is 12.2. The molecule has 23 heavy (non-hydrogen) atoms. The van der Waals surface area contributed by atoms with E-state index < -0.39 is 0 Å². The third kappa shape index (κ3) is 5.30. The second-order valence-electron chi connectivity index (χ2n) is 7.17. The van der Waals surface area contributed by atoms with Crippen molar-refractivity contribution >= 4 is 5.91 Å². The minimum atomic E-state index is -0.0248. The summed E-state index contributed by atoms with van der Waals surface area (Å²) in [7, 11) is 0. The summed E-state index contributed by atoms with van der Waals surface area (Å²) in [6, 6.07) is 7.86. The quantitative estimate of drug-likeness (QED) is 0.858. The largest absolute Gasteiger partial charge is 0.395 e. The van der Waals surface area contributed by atoms with Crippen LogP contribution in [0, 0.1) is 0 Å². The van der Waals surface area contributed by atoms with Gasteiger partial charge < -0.3 is 10.4 Å². The number of rotatable bonds is 5. The number of amides is 1. The van der Waals surface area contributed by atoms with E-state index in [1.165, 1.54) is 5.56 Å². The van der Waals surface area contributed by atoms with Gasteiger partial charge in [0.05, 0.1) is 13.3 Å². The highest BCUT2D eigenvalue weighted by atomic mass is 16.3. The highest BCUT2D eigenvalue weighted by Gasteiger charge is 2.17. The number of hydrogen-bond acceptors (Lipinski definition) is 4. The maximum atomic E-state index is 12.2. The van der Waals surface area contributed by atoms with Gasteiger partial charge in [-0.05, 0) is 23.1 Å². The van der Waals surface area contributed by atoms with Gasteiger partial charge in [0, 0.05) is 38.3 Å². The average Bonchev–Trinajstić information content (AvgIpc) is 2.53. The molecule has 0 spiro atoms. The van der Waals surface area contributed by atoms with Crippen LogP contribution in [0.3, 0.4) is 0 Å². The second-order valence-corrected chi connectivity index (χ2v) is 7.17. The Hall–Kier alpha value is -1.43. The Morgan fingerprint density at radius 3 is 2.17 bits per heavy atom. The average molecular weight is 319 g/mol. The summed E-state index contributed by atoms with van der Waals surface area (Å²) < 4.78 is 0. The zero-order valence-corrected chi connectivity index (χ0v) is 14.5. The number of nitrogens with zero attached hydrogens (tertiary/aromatic N) is 2. The van der Waals surface area contributed by atoms with Crippen LogP contribution in [0.5, 0.6) is 0 Å². The van der Waals surface area contributed by atoms with E-state index in [4.69, 9.17) is 5.11 Å². The fourth-order valence-corrected chi connectivity index (χ4v) is 2.72. The standard InChI is InChI=1S/C18H29N3O2/c1-18(2,3)16-6-4-15(5-7-16)17(23)19-14-21-10-8-20(9-11-21)12-13-22/h4-7,22H,8-14H2,1-3H3,(H,19,23). The SMILES string of the molecule is CC(C)(C)c1ccc(C(=O)NCN2CCN(CCO)CC2)cc1. The third-order valence-corrected chi connectivity index (χ3v) is 4.36. The van der Waals surface area contributed by atoms with Crippen LogP contribution in [0.1, 0.15) is 36.7 Å². The van der Waals surface area contributed by atoms with Gasteiger partial charge in [-0.2, -0.15) is 0 Å². The summed E-state index contributed by atoms with van der Waals surface area (Å²) in [5.74, 6) is -0.0248. The lowest BCUT2D eigenvalue weighted by atomic mass is 9.87. The number of aliphatic hydroxyl groups is 1. The van der Waals surface area contributed by atoms with E-state index in [0.29, 0.717) is 12.2 Å². The monoisotopic (exact) mass is 319 g/mol. The number of aliphatic hydroxyl groups excluding tert-OH is 1. The number of nitrogens with one attached hydrogen (secondary N) is 1. The van der Waals surface area contributed by atoms with Crippen LogP contribution in [-0.2, 0) is 5.41 Å². The number of β-amino-alcohol motifs (C(OH)–C–C–N with tert-alkyl or cyclic N) is 1. The van der Waals surface area contributed by atoms with Crippen LogP contribution in [0.15, 0.2) is 24.3 Å². The van der Waals surface area contributed by atoms with E-state index in [-0.39, 0.29) is 17.9 Å². The smallest absolute Gasteiger partial charge is 0.252 e. The molecule has 5 nitrogen and oxygen atoms in total. The molecule has 0 bridgehead atoms. The van der Waals surface area contributed by atoms with Crippen molar-refractivity contribution in [3.8, 4) is 0 Å². The number of hydrogen-bond donors (Lipinski definition) is 2. The molecular weight excluding hydrogens is 290 g/mol. The molecule has 1 aromatic rings. The first-order chi connectivity index (χ1) is 10.9. The van der Waals surface area contributed by atoms with E-state index in [0.717, 1.165) is 32.7 Å². The lowest BCUT2D eigenvalue weighted by molar-refractivity contribution is 0.0847. The Morgan fingerprint density at radius 1 is 1.09 bits per heavy atom. The van der Waals surface area contributed by atoms with E-state index in [1.54, 1.807) is 0 Å². The van der Waals surface area contributed by atoms with Crippen molar-refractivity contribution in [1.29, 1.82) is 0 Å². The summed E-state index contributed by atoms with van der Waals surface area (Å²) in [5, 5.41) is 11.9. The molecule has 1 fully saturated rings. The van der Waals surface area contributed by atoms with Crippen molar-refractivity contribution in [3.63, 3.8) is 0 Å². The molecule has 1 saturated heterocycles. The topological polar surface area (TPSA) is 55.8 Å². The van der Waals surface area contributed by atoms with Gasteiger partial charge in [0.15, 0.2) is 0 Å². The molecule has 0 atom stereocenters. The molecule has 1 aliphatic rings. The highest BCUT2D eigenvalue weighted by Crippen LogP contribution is 2.22. The molecule has 1 heterocycles. The van der Waals surface area contributed by atoms with Crippen molar-refractivity contribution in [2.75, 3.05) is 46.0 Å². The molecule has 128 valence electrons. The molecule has 1 amide bonds. The minimum Gasteiger partial charge on any atom is -0.395 e. The number of piperazine rings is 1. The molecule has 0 aromatic heterocycles. The van der Waals surface area contributed by atoms with E-state index in [1.807, 2.05) is 24.3 Å². The van der Waals surface area contributed by atoms with Gasteiger partial charge >= 0.3 is 0 Å². The van der Waals surface area contributed by atoms with Gasteiger partial charge in [0.1, 0.15) is 0 Å². The lowest BCUT2D eigenvalue weighted by Gasteiger charge is -2.34. The zero-order valence-electron chi connectivity index (χ0n) is 14.5. The van der Waals surface area contributed by atoms with Gasteiger partial charge in [-0.15, -0.1) is 0 Å². The van der Waals surface area contributed by atoms with E-state index in [2.05, 4.69) is 35.9 Å². The minimum absolute atomic E-state index is 0.0248. The van der Waals surface area contributed by atoms with E-state index >= 15 is 0 Å². The third-order valence-electron chi connectivity index (χ3n) is 4.36. The van der Waals surface area contributed by atoms with E-state index in [9.17, 15) is 4.79 Å². The van der Waals surface area contributed by atoms with Crippen molar-refractivity contribution in [3.05, 3.63) is 35.4 Å². The number of carbonyl (C=O) groups excluding carboxylic acids is 1. The van der Waals surface area contributed by atoms with Gasteiger partial charge in [-0.1, -0.05) is 32.9 Å². The molecule has 1 aliphatic heterocycles. The Bertz CT molecular complexity index is 500. The van der Waals surface area contributed by atoms with Crippen LogP contribution in [0.2, 0.25) is 0 Å². The number of carbonyl (C=O) groups is 1. The van der Waals surface area contributed by atoms with Gasteiger partial charge in [-0.25, -0.2) is 0 Å². The summed E-state index contributed by atoms with van der Waals surface area (Å²) in [4.78, 5) is 16.7. The Morgan fingerprint density at radius 2 is 1.65 bits per heavy atom. The Labute approximate surface area is 139 Å². The molecule has 2 N–H and O–H groups in total. The summed E-state index contributed by atoms with van der Waals surface area (Å²) in [5.41, 5.74) is 2.04. The van der Waals surface area contributed by atoms with Gasteiger partial charge in [-0.3, -0.25) is 14.6 Å². The fourth-order valence-electron chi connectivity index (χ4n) is 2.72. The predicted molar refractivity (Wildman–Crippen MR) is 92.6 cm³/mol. The fraction of sp³-hybridized carbons (Fsp3) is 0.611. The van der Waals surface area contributed by atoms with Crippen LogP contribution in [0.25, 0.3) is 0 Å². The first kappa shape index (κ1) is 17.9. The Kier molecular flexibility index (Phi) is 6.16. The van der Waals surface area contributed by atoms with Crippen molar-refractivity contribution in [2.24, 2.45) is 0 Å². The van der Waals surface area contributed by atoms with Crippen LogP contribution in [0.4, 0.5) is 0 Å². The van der Waals surface area contributed by atoms with Gasteiger partial charge in [0.2, 0.25) is 0 Å². The molecule has 0 saturated carbocycles. The first-order valence-corrected chi connectivity index (χ1v) is 8.34. The zero-order chi connectivity index (χ0) is 16.9. The second kappa shape index (κ2) is 7.90.